The largest absolute Gasteiger partial charge is 0.494 e. The molecule has 0 atom stereocenters. The van der Waals surface area contributed by atoms with E-state index < -0.39 is 15.8 Å². The van der Waals surface area contributed by atoms with Gasteiger partial charge in [0.2, 0.25) is 0 Å². The van der Waals surface area contributed by atoms with Crippen molar-refractivity contribution in [3.8, 4) is 11.5 Å². The number of ether oxygens (including phenoxy) is 2. The van der Waals surface area contributed by atoms with Gasteiger partial charge >= 0.3 is 5.69 Å². The third kappa shape index (κ3) is 4.49. The summed E-state index contributed by atoms with van der Waals surface area (Å²) in [6, 6.07) is 11.1. The lowest BCUT2D eigenvalue weighted by molar-refractivity contribution is -0.386. The number of non-ortho nitro benzene ring substituents is 1. The van der Waals surface area contributed by atoms with Crippen molar-refractivity contribution < 1.29 is 24.1 Å². The Hall–Kier alpha value is -4.48. The number of carbonyl (C=O) groups excluding carboxylic acids is 1. The molecule has 0 saturated heterocycles. The summed E-state index contributed by atoms with van der Waals surface area (Å²) >= 11 is 0. The Morgan fingerprint density at radius 1 is 1.10 bits per heavy atom. The maximum absolute atomic E-state index is 12.4. The van der Waals surface area contributed by atoms with Gasteiger partial charge < -0.3 is 14.8 Å². The molecule has 3 rings (SSSR count). The summed E-state index contributed by atoms with van der Waals surface area (Å²) in [6.45, 7) is -0.154. The molecule has 12 heteroatoms. The highest BCUT2D eigenvalue weighted by atomic mass is 16.6. The maximum Gasteiger partial charge on any atom is 0.311 e. The van der Waals surface area contributed by atoms with Crippen LogP contribution in [0.1, 0.15) is 10.5 Å². The van der Waals surface area contributed by atoms with E-state index in [0.29, 0.717) is 0 Å². The summed E-state index contributed by atoms with van der Waals surface area (Å²) in [5.41, 5.74) is -0.0884. The average Bonchev–Trinajstić information content (AvgIpc) is 3.21. The molecular weight excluding hydrogens is 398 g/mol. The van der Waals surface area contributed by atoms with Crippen molar-refractivity contribution in [2.45, 2.75) is 6.73 Å². The number of aromatic nitrogens is 2. The van der Waals surface area contributed by atoms with E-state index in [1.54, 1.807) is 6.07 Å². The molecule has 0 aliphatic heterocycles. The lowest BCUT2D eigenvalue weighted by Gasteiger charge is -2.09. The van der Waals surface area contributed by atoms with E-state index in [4.69, 9.17) is 9.47 Å². The molecular formula is C18H15N5O7. The van der Waals surface area contributed by atoms with Gasteiger partial charge in [0.1, 0.15) is 5.75 Å². The molecule has 0 aliphatic rings. The van der Waals surface area contributed by atoms with Crippen molar-refractivity contribution in [3.05, 3.63) is 80.7 Å². The summed E-state index contributed by atoms with van der Waals surface area (Å²) in [7, 11) is 1.32. The Labute approximate surface area is 168 Å². The van der Waals surface area contributed by atoms with Crippen LogP contribution in [0.4, 0.5) is 17.1 Å². The minimum Gasteiger partial charge on any atom is -0.494 e. The molecule has 0 saturated carbocycles. The zero-order valence-corrected chi connectivity index (χ0v) is 15.5. The smallest absolute Gasteiger partial charge is 0.311 e. The quantitative estimate of drug-likeness (QED) is 0.437. The van der Waals surface area contributed by atoms with Gasteiger partial charge in [-0.05, 0) is 18.2 Å². The van der Waals surface area contributed by atoms with Crippen LogP contribution in [0, 0.1) is 20.2 Å². The standard InChI is InChI=1S/C18H15N5O7/c1-29-17-10-12(22(25)26)6-7-13(17)19-18(24)14-8-9-21(20-14)11-30-16-5-3-2-4-15(16)23(27)28/h2-10H,11H2,1H3,(H,19,24). The number of nitro groups is 2. The molecule has 3 aromatic rings. The summed E-state index contributed by atoms with van der Waals surface area (Å²) in [4.78, 5) is 33.2. The van der Waals surface area contributed by atoms with E-state index >= 15 is 0 Å². The van der Waals surface area contributed by atoms with Crippen LogP contribution in [-0.2, 0) is 6.73 Å². The zero-order valence-electron chi connectivity index (χ0n) is 15.5. The number of hydrogen-bond donors (Lipinski definition) is 1. The number of hydrogen-bond acceptors (Lipinski definition) is 8. The van der Waals surface area contributed by atoms with E-state index in [9.17, 15) is 25.0 Å². The molecule has 0 unspecified atom stereocenters. The van der Waals surface area contributed by atoms with Crippen molar-refractivity contribution in [2.75, 3.05) is 12.4 Å². The highest BCUT2D eigenvalue weighted by Crippen LogP contribution is 2.29. The van der Waals surface area contributed by atoms with Crippen LogP contribution in [0.25, 0.3) is 0 Å². The Morgan fingerprint density at radius 2 is 1.87 bits per heavy atom. The third-order valence-corrected chi connectivity index (χ3v) is 3.93. The predicted molar refractivity (Wildman–Crippen MR) is 104 cm³/mol. The van der Waals surface area contributed by atoms with Gasteiger partial charge in [0, 0.05) is 18.3 Å². The minimum absolute atomic E-state index is 0.0431. The zero-order chi connectivity index (χ0) is 21.7. The highest BCUT2D eigenvalue weighted by molar-refractivity contribution is 6.03. The fraction of sp³-hybridized carbons (Fsp3) is 0.111. The van der Waals surface area contributed by atoms with Gasteiger partial charge in [0.15, 0.2) is 18.2 Å². The molecule has 0 aliphatic carbocycles. The van der Waals surface area contributed by atoms with Crippen LogP contribution in [0.15, 0.2) is 54.7 Å². The van der Waals surface area contributed by atoms with Gasteiger partial charge in [-0.3, -0.25) is 25.0 Å². The SMILES string of the molecule is COc1cc([N+](=O)[O-])ccc1NC(=O)c1ccn(COc2ccccc2[N+](=O)[O-])n1. The number of carbonyl (C=O) groups is 1. The monoisotopic (exact) mass is 413 g/mol. The predicted octanol–water partition coefficient (Wildman–Crippen LogP) is 3.00. The molecule has 0 bridgehead atoms. The Balaban J connectivity index is 1.69. The molecule has 30 heavy (non-hydrogen) atoms. The van der Waals surface area contributed by atoms with Gasteiger partial charge in [0.25, 0.3) is 11.6 Å². The fourth-order valence-corrected chi connectivity index (χ4v) is 2.50. The summed E-state index contributed by atoms with van der Waals surface area (Å²) < 4.78 is 11.8. The van der Waals surface area contributed by atoms with Crippen molar-refractivity contribution in [1.82, 2.24) is 9.78 Å². The molecule has 0 radical (unpaired) electrons. The molecule has 1 N–H and O–H groups in total. The van der Waals surface area contributed by atoms with Crippen molar-refractivity contribution >= 4 is 23.0 Å². The number of rotatable bonds is 8. The number of nitro benzene ring substituents is 2. The fourth-order valence-electron chi connectivity index (χ4n) is 2.50. The van der Waals surface area contributed by atoms with Gasteiger partial charge in [0.05, 0.1) is 28.7 Å². The second-order valence-electron chi connectivity index (χ2n) is 5.83. The molecule has 1 aromatic heterocycles. The van der Waals surface area contributed by atoms with Crippen molar-refractivity contribution in [1.29, 1.82) is 0 Å². The molecule has 0 fully saturated rings. The lowest BCUT2D eigenvalue weighted by Crippen LogP contribution is -2.15. The van der Waals surface area contributed by atoms with Crippen molar-refractivity contribution in [2.24, 2.45) is 0 Å². The Kier molecular flexibility index (Phi) is 5.86. The molecule has 12 nitrogen and oxygen atoms in total. The number of methoxy groups -OCH3 is 1. The second-order valence-corrected chi connectivity index (χ2v) is 5.83. The number of para-hydroxylation sites is 2. The van der Waals surface area contributed by atoms with Crippen molar-refractivity contribution in [3.63, 3.8) is 0 Å². The van der Waals surface area contributed by atoms with Crippen LogP contribution >= 0.6 is 0 Å². The number of nitrogens with one attached hydrogen (secondary N) is 1. The van der Waals surface area contributed by atoms with E-state index in [0.717, 1.165) is 0 Å². The second kappa shape index (κ2) is 8.68. The minimum atomic E-state index is -0.577. The van der Waals surface area contributed by atoms with Gasteiger partial charge in [-0.1, -0.05) is 12.1 Å². The lowest BCUT2D eigenvalue weighted by atomic mass is 10.2. The first-order valence-electron chi connectivity index (χ1n) is 8.42. The van der Waals surface area contributed by atoms with Crippen LogP contribution in [0.2, 0.25) is 0 Å². The van der Waals surface area contributed by atoms with Gasteiger partial charge in [-0.2, -0.15) is 5.10 Å². The van der Waals surface area contributed by atoms with Crippen LogP contribution < -0.4 is 14.8 Å². The summed E-state index contributed by atoms with van der Waals surface area (Å²) in [5.74, 6) is -0.386. The van der Waals surface area contributed by atoms with Crippen LogP contribution in [0.3, 0.4) is 0 Å². The van der Waals surface area contributed by atoms with E-state index in [-0.39, 0.29) is 41.0 Å². The highest BCUT2D eigenvalue weighted by Gasteiger charge is 2.17. The van der Waals surface area contributed by atoms with Gasteiger partial charge in [-0.15, -0.1) is 0 Å². The molecule has 2 aromatic carbocycles. The normalized spacial score (nSPS) is 10.3. The van der Waals surface area contributed by atoms with E-state index in [1.807, 2.05) is 0 Å². The molecule has 1 heterocycles. The van der Waals surface area contributed by atoms with Crippen LogP contribution in [-0.4, -0.2) is 32.6 Å². The number of amides is 1. The first kappa shape index (κ1) is 20.3. The number of nitrogens with zero attached hydrogens (tertiary/aromatic N) is 4. The third-order valence-electron chi connectivity index (χ3n) is 3.93. The van der Waals surface area contributed by atoms with E-state index in [1.165, 1.54) is 60.5 Å². The molecule has 0 spiro atoms. The summed E-state index contributed by atoms with van der Waals surface area (Å²) in [5, 5.41) is 28.5. The Morgan fingerprint density at radius 3 is 2.57 bits per heavy atom. The topological polar surface area (TPSA) is 152 Å². The summed E-state index contributed by atoms with van der Waals surface area (Å²) in [6.07, 6.45) is 1.47. The molecule has 1 amide bonds. The maximum atomic E-state index is 12.4. The number of anilines is 1. The first-order chi connectivity index (χ1) is 14.4. The first-order valence-corrected chi connectivity index (χ1v) is 8.42. The van der Waals surface area contributed by atoms with Gasteiger partial charge in [-0.25, -0.2) is 4.68 Å². The average molecular weight is 413 g/mol. The van der Waals surface area contributed by atoms with E-state index in [2.05, 4.69) is 10.4 Å². The Bertz CT molecular complexity index is 1110. The molecule has 154 valence electrons. The number of benzene rings is 2. The van der Waals surface area contributed by atoms with Crippen LogP contribution in [0.5, 0.6) is 11.5 Å².